The molecule has 1 aromatic carbocycles. The van der Waals surface area contributed by atoms with Crippen LogP contribution < -0.4 is 0 Å². The molecule has 21 heavy (non-hydrogen) atoms. The van der Waals surface area contributed by atoms with Crippen LogP contribution in [0.5, 0.6) is 0 Å². The number of aryl methyl sites for hydroxylation is 1. The number of methoxy groups -OCH3 is 1. The van der Waals surface area contributed by atoms with Gasteiger partial charge in [0.1, 0.15) is 0 Å². The molecular weight excluding hydrogens is 314 g/mol. The highest BCUT2D eigenvalue weighted by Gasteiger charge is 2.19. The Bertz CT molecular complexity index is 749. The highest BCUT2D eigenvalue weighted by atomic mass is 32.3. The van der Waals surface area contributed by atoms with Crippen LogP contribution in [-0.4, -0.2) is 37.2 Å². The molecular formula is C13H19NO5S2. The summed E-state index contributed by atoms with van der Waals surface area (Å²) >= 11 is 0. The van der Waals surface area contributed by atoms with E-state index in [1.54, 1.807) is 20.8 Å². The first-order valence-corrected chi connectivity index (χ1v) is 9.65. The van der Waals surface area contributed by atoms with Crippen molar-refractivity contribution in [2.45, 2.75) is 25.7 Å². The van der Waals surface area contributed by atoms with Gasteiger partial charge in [0.15, 0.2) is 0 Å². The van der Waals surface area contributed by atoms with Gasteiger partial charge in [-0.2, -0.15) is 8.42 Å². The van der Waals surface area contributed by atoms with Gasteiger partial charge in [0.25, 0.3) is 10.0 Å². The molecule has 118 valence electrons. The van der Waals surface area contributed by atoms with Gasteiger partial charge in [0, 0.05) is 11.5 Å². The zero-order valence-electron chi connectivity index (χ0n) is 12.5. The predicted octanol–water partition coefficient (Wildman–Crippen LogP) is 1.98. The average Bonchev–Trinajstić information content (AvgIpc) is 2.45. The molecule has 0 N–H and O–H groups in total. The smallest absolute Gasteiger partial charge is 0.337 e. The maximum atomic E-state index is 12.3. The minimum atomic E-state index is -4.09. The summed E-state index contributed by atoms with van der Waals surface area (Å²) in [5.41, 5.74) is 0.692. The van der Waals surface area contributed by atoms with Crippen LogP contribution >= 0.6 is 0 Å². The Morgan fingerprint density at radius 1 is 1.14 bits per heavy atom. The molecule has 0 unspecified atom stereocenters. The molecule has 0 saturated heterocycles. The van der Waals surface area contributed by atoms with Gasteiger partial charge >= 0.3 is 5.97 Å². The van der Waals surface area contributed by atoms with Gasteiger partial charge in [0.05, 0.1) is 27.3 Å². The fourth-order valence-corrected chi connectivity index (χ4v) is 5.30. The second kappa shape index (κ2) is 6.57. The Kier molecular flexibility index (Phi) is 5.52. The molecule has 0 saturated carbocycles. The van der Waals surface area contributed by atoms with E-state index in [2.05, 4.69) is 8.50 Å². The lowest BCUT2D eigenvalue weighted by Gasteiger charge is -2.07. The van der Waals surface area contributed by atoms with Crippen molar-refractivity contribution in [1.29, 1.82) is 0 Å². The van der Waals surface area contributed by atoms with Gasteiger partial charge in [-0.1, -0.05) is 13.8 Å². The molecule has 6 nitrogen and oxygen atoms in total. The Hall–Kier alpha value is -1.41. The van der Waals surface area contributed by atoms with E-state index in [4.69, 9.17) is 0 Å². The van der Waals surface area contributed by atoms with Crippen molar-refractivity contribution in [2.24, 2.45) is 3.77 Å². The monoisotopic (exact) mass is 333 g/mol. The molecule has 1 rings (SSSR count). The second-order valence-electron chi connectivity index (χ2n) is 4.43. The van der Waals surface area contributed by atoms with Gasteiger partial charge in [-0.15, -0.1) is 3.77 Å². The first-order chi connectivity index (χ1) is 9.67. The first kappa shape index (κ1) is 17.6. The lowest BCUT2D eigenvalue weighted by molar-refractivity contribution is 0.0600. The van der Waals surface area contributed by atoms with Gasteiger partial charge < -0.3 is 4.74 Å². The number of benzene rings is 1. The normalized spacial score (nSPS) is 12.0. The van der Waals surface area contributed by atoms with Crippen molar-refractivity contribution in [2.75, 3.05) is 18.6 Å². The number of sulfonamides is 1. The van der Waals surface area contributed by atoms with Crippen molar-refractivity contribution in [1.82, 2.24) is 0 Å². The SMILES string of the molecule is CCS(=O)(CC)=NS(=O)(=O)c1cc(C)cc(C(=O)OC)c1. The number of carbonyl (C=O) groups is 1. The summed E-state index contributed by atoms with van der Waals surface area (Å²) < 4.78 is 44.9. The number of ether oxygens (including phenoxy) is 1. The molecule has 0 spiro atoms. The molecule has 0 fully saturated rings. The number of nitrogens with zero attached hydrogens (tertiary/aromatic N) is 1. The maximum Gasteiger partial charge on any atom is 0.337 e. The van der Waals surface area contributed by atoms with Crippen LogP contribution in [0.2, 0.25) is 0 Å². The van der Waals surface area contributed by atoms with E-state index in [1.807, 2.05) is 0 Å². The van der Waals surface area contributed by atoms with Gasteiger partial charge in [0.2, 0.25) is 0 Å². The Balaban J connectivity index is 3.50. The van der Waals surface area contributed by atoms with Gasteiger partial charge in [-0.05, 0) is 30.7 Å². The lowest BCUT2D eigenvalue weighted by atomic mass is 10.1. The summed E-state index contributed by atoms with van der Waals surface area (Å²) in [6, 6.07) is 4.08. The molecule has 0 aliphatic rings. The average molecular weight is 333 g/mol. The molecule has 0 bridgehead atoms. The summed E-state index contributed by atoms with van der Waals surface area (Å²) in [5.74, 6) is -0.335. The molecule has 0 heterocycles. The van der Waals surface area contributed by atoms with E-state index in [0.717, 1.165) is 0 Å². The highest BCUT2D eigenvalue weighted by Crippen LogP contribution is 2.19. The van der Waals surface area contributed by atoms with E-state index in [0.29, 0.717) is 5.56 Å². The summed E-state index contributed by atoms with van der Waals surface area (Å²) in [6.45, 7) is 4.91. The Labute approximate surface area is 125 Å². The van der Waals surface area contributed by atoms with E-state index >= 15 is 0 Å². The van der Waals surface area contributed by atoms with Crippen LogP contribution in [0.15, 0.2) is 26.9 Å². The Morgan fingerprint density at radius 3 is 2.19 bits per heavy atom. The molecule has 0 atom stereocenters. The van der Waals surface area contributed by atoms with Gasteiger partial charge in [-0.3, -0.25) is 0 Å². The van der Waals surface area contributed by atoms with Crippen molar-refractivity contribution in [3.8, 4) is 0 Å². The quantitative estimate of drug-likeness (QED) is 0.769. The summed E-state index contributed by atoms with van der Waals surface area (Å²) in [6.07, 6.45) is 0. The fourth-order valence-electron chi connectivity index (χ4n) is 1.66. The fraction of sp³-hybridized carbons (Fsp3) is 0.462. The lowest BCUT2D eigenvalue weighted by Crippen LogP contribution is -2.11. The van der Waals surface area contributed by atoms with E-state index in [-0.39, 0.29) is 22.0 Å². The minimum absolute atomic E-state index is 0.116. The van der Waals surface area contributed by atoms with Crippen molar-refractivity contribution in [3.63, 3.8) is 0 Å². The number of hydrogen-bond acceptors (Lipinski definition) is 5. The second-order valence-corrected chi connectivity index (χ2v) is 9.14. The molecule has 0 aromatic heterocycles. The third-order valence-corrected chi connectivity index (χ3v) is 7.41. The minimum Gasteiger partial charge on any atom is -0.465 e. The van der Waals surface area contributed by atoms with Crippen molar-refractivity contribution in [3.05, 3.63) is 29.3 Å². The third-order valence-electron chi connectivity index (χ3n) is 2.91. The largest absolute Gasteiger partial charge is 0.465 e. The summed E-state index contributed by atoms with van der Waals surface area (Å²) in [4.78, 5) is 11.4. The number of esters is 1. The first-order valence-electron chi connectivity index (χ1n) is 6.36. The van der Waals surface area contributed by atoms with E-state index in [1.165, 1.54) is 25.3 Å². The van der Waals surface area contributed by atoms with E-state index in [9.17, 15) is 17.4 Å². The summed E-state index contributed by atoms with van der Waals surface area (Å²) in [5, 5.41) is 0. The number of rotatable bonds is 5. The molecule has 0 amide bonds. The van der Waals surface area contributed by atoms with Crippen LogP contribution in [0.3, 0.4) is 0 Å². The van der Waals surface area contributed by atoms with Crippen LogP contribution in [0, 0.1) is 6.92 Å². The van der Waals surface area contributed by atoms with Crippen molar-refractivity contribution >= 4 is 25.7 Å². The van der Waals surface area contributed by atoms with Crippen LogP contribution in [0.1, 0.15) is 29.8 Å². The number of hydrogen-bond donors (Lipinski definition) is 0. The van der Waals surface area contributed by atoms with Crippen molar-refractivity contribution < 1.29 is 22.2 Å². The van der Waals surface area contributed by atoms with Crippen LogP contribution in [0.25, 0.3) is 0 Å². The standard InChI is InChI=1S/C13H19NO5S2/c1-5-20(16,6-2)14-21(17,18)12-8-10(3)7-11(9-12)13(15)19-4/h7-9H,5-6H2,1-4H3. The summed E-state index contributed by atoms with van der Waals surface area (Å²) in [7, 11) is -5.68. The number of carbonyl (C=O) groups excluding carboxylic acids is 1. The zero-order valence-corrected chi connectivity index (χ0v) is 14.1. The van der Waals surface area contributed by atoms with E-state index < -0.39 is 25.7 Å². The molecule has 8 heteroatoms. The molecule has 1 aromatic rings. The molecule has 0 aliphatic carbocycles. The zero-order chi connectivity index (χ0) is 16.3. The maximum absolute atomic E-state index is 12.3. The predicted molar refractivity (Wildman–Crippen MR) is 81.4 cm³/mol. The molecule has 0 radical (unpaired) electrons. The Morgan fingerprint density at radius 2 is 1.71 bits per heavy atom. The molecule has 0 aliphatic heterocycles. The third kappa shape index (κ3) is 4.28. The van der Waals surface area contributed by atoms with Crippen LogP contribution in [0.4, 0.5) is 0 Å². The topological polar surface area (TPSA) is 89.9 Å². The van der Waals surface area contributed by atoms with Gasteiger partial charge in [-0.25, -0.2) is 9.00 Å². The highest BCUT2D eigenvalue weighted by molar-refractivity contribution is 8.03. The van der Waals surface area contributed by atoms with Crippen LogP contribution in [-0.2, 0) is 24.5 Å².